The lowest BCUT2D eigenvalue weighted by atomic mass is 10.0. The summed E-state index contributed by atoms with van der Waals surface area (Å²) in [7, 11) is 0. The molecule has 0 aliphatic carbocycles. The molecule has 0 fully saturated rings. The van der Waals surface area contributed by atoms with Crippen LogP contribution in [-0.2, 0) is 9.53 Å². The van der Waals surface area contributed by atoms with Crippen LogP contribution in [0.2, 0.25) is 0 Å². The number of carbonyl (C=O) groups excluding carboxylic acids is 1. The number of hydrogen-bond donors (Lipinski definition) is 0. The van der Waals surface area contributed by atoms with Crippen LogP contribution in [0.5, 0.6) is 0 Å². The Morgan fingerprint density at radius 3 is 2.00 bits per heavy atom. The van der Waals surface area contributed by atoms with Crippen LogP contribution < -0.4 is 0 Å². The second kappa shape index (κ2) is 15.7. The maximum absolute atomic E-state index is 11.0. The van der Waals surface area contributed by atoms with Gasteiger partial charge in [-0.1, -0.05) is 77.8 Å². The normalized spacial score (nSPS) is 9.40. The molecule has 0 saturated heterocycles. The van der Waals surface area contributed by atoms with Crippen molar-refractivity contribution in [3.63, 3.8) is 0 Å². The summed E-state index contributed by atoms with van der Waals surface area (Å²) in [5.74, 6) is 0.552. The second-order valence-electron chi connectivity index (χ2n) is 5.34. The van der Waals surface area contributed by atoms with Crippen molar-refractivity contribution in [1.82, 2.24) is 0 Å². The molecular formula is C18H32O2. The first kappa shape index (κ1) is 21.0. The van der Waals surface area contributed by atoms with Gasteiger partial charge in [0.2, 0.25) is 0 Å². The third-order valence-electron chi connectivity index (χ3n) is 2.67. The van der Waals surface area contributed by atoms with Gasteiger partial charge in [-0.15, -0.1) is 0 Å². The predicted molar refractivity (Wildman–Crippen MR) is 88.7 cm³/mol. The minimum absolute atomic E-state index is 0.264. The summed E-state index contributed by atoms with van der Waals surface area (Å²) in [6, 6.07) is 0. The van der Waals surface area contributed by atoms with E-state index in [9.17, 15) is 4.79 Å². The average molecular weight is 280 g/mol. The summed E-state index contributed by atoms with van der Waals surface area (Å²) in [6.45, 7) is 17.0. The molecule has 0 aromatic carbocycles. The molecule has 2 heteroatoms. The molecule has 0 aliphatic rings. The van der Waals surface area contributed by atoms with Crippen molar-refractivity contribution in [2.45, 2.75) is 59.3 Å². The molecule has 0 unspecified atom stereocenters. The number of esters is 1. The molecule has 0 bridgehead atoms. The average Bonchev–Trinajstić information content (AvgIpc) is 2.41. The van der Waals surface area contributed by atoms with Crippen LogP contribution in [-0.4, -0.2) is 12.6 Å². The van der Waals surface area contributed by atoms with E-state index in [1.807, 2.05) is 0 Å². The number of hydrogen-bond acceptors (Lipinski definition) is 2. The molecule has 0 aliphatic heterocycles. The van der Waals surface area contributed by atoms with Gasteiger partial charge in [-0.05, 0) is 19.3 Å². The van der Waals surface area contributed by atoms with Crippen LogP contribution in [0, 0.1) is 5.92 Å². The number of carbonyl (C=O) groups is 1. The monoisotopic (exact) mass is 280 g/mol. The highest BCUT2D eigenvalue weighted by molar-refractivity contribution is 5.86. The van der Waals surface area contributed by atoms with E-state index in [4.69, 9.17) is 4.74 Å². The third-order valence-corrected chi connectivity index (χ3v) is 2.67. The summed E-state index contributed by atoms with van der Waals surface area (Å²) >= 11 is 0. The zero-order valence-corrected chi connectivity index (χ0v) is 13.6. The Kier molecular flexibility index (Phi) is 16.5. The summed E-state index contributed by atoms with van der Waals surface area (Å²) in [5, 5.41) is 0. The van der Waals surface area contributed by atoms with Crippen LogP contribution in [0.3, 0.4) is 0 Å². The molecule has 116 valence electrons. The highest BCUT2D eigenvalue weighted by atomic mass is 16.5. The van der Waals surface area contributed by atoms with E-state index < -0.39 is 0 Å². The minimum atomic E-state index is -0.264. The minimum Gasteiger partial charge on any atom is -0.462 e. The molecule has 0 radical (unpaired) electrons. The summed E-state index contributed by atoms with van der Waals surface area (Å²) < 4.78 is 5.01. The Balaban J connectivity index is 0. The fourth-order valence-electron chi connectivity index (χ4n) is 1.47. The molecule has 0 amide bonds. The van der Waals surface area contributed by atoms with Gasteiger partial charge in [-0.3, -0.25) is 0 Å². The quantitative estimate of drug-likeness (QED) is 0.230. The van der Waals surface area contributed by atoms with E-state index in [0.717, 1.165) is 18.8 Å². The molecule has 0 N–H and O–H groups in total. The maximum atomic E-state index is 11.0. The van der Waals surface area contributed by atoms with Gasteiger partial charge in [-0.25, -0.2) is 4.79 Å². The molecular weight excluding hydrogens is 248 g/mol. The molecule has 2 nitrogen and oxygen atoms in total. The first-order valence-corrected chi connectivity index (χ1v) is 7.51. The Morgan fingerprint density at radius 2 is 1.55 bits per heavy atom. The van der Waals surface area contributed by atoms with Crippen LogP contribution >= 0.6 is 0 Å². The van der Waals surface area contributed by atoms with Crippen molar-refractivity contribution in [3.05, 3.63) is 37.5 Å². The Morgan fingerprint density at radius 1 is 1.05 bits per heavy atom. The Hall–Kier alpha value is -1.31. The van der Waals surface area contributed by atoms with Gasteiger partial charge in [0.25, 0.3) is 0 Å². The standard InChI is InChI=1S/C14H26O2.C4H6/c1-12(2)10-8-6-5-7-9-11-16-14(15)13(3)4;1-3-4-2/h12H,3,5-11H2,1-2,4H3;3-4H,1-2H2. The summed E-state index contributed by atoms with van der Waals surface area (Å²) in [4.78, 5) is 11.0. The topological polar surface area (TPSA) is 26.3 Å². The first-order chi connectivity index (χ1) is 9.45. The number of unbranched alkanes of at least 4 members (excludes halogenated alkanes) is 4. The molecule has 20 heavy (non-hydrogen) atoms. The zero-order valence-electron chi connectivity index (χ0n) is 13.6. The van der Waals surface area contributed by atoms with Gasteiger partial charge in [0.15, 0.2) is 0 Å². The van der Waals surface area contributed by atoms with Gasteiger partial charge < -0.3 is 4.74 Å². The van der Waals surface area contributed by atoms with Crippen molar-refractivity contribution in [1.29, 1.82) is 0 Å². The molecule has 0 heterocycles. The number of rotatable bonds is 10. The molecule has 0 saturated carbocycles. The van der Waals surface area contributed by atoms with Crippen LogP contribution in [0.4, 0.5) is 0 Å². The second-order valence-corrected chi connectivity index (χ2v) is 5.34. The number of allylic oxidation sites excluding steroid dienone is 2. The molecule has 0 atom stereocenters. The van der Waals surface area contributed by atoms with Crippen LogP contribution in [0.25, 0.3) is 0 Å². The van der Waals surface area contributed by atoms with Crippen molar-refractivity contribution in [2.24, 2.45) is 5.92 Å². The van der Waals surface area contributed by atoms with E-state index >= 15 is 0 Å². The van der Waals surface area contributed by atoms with Gasteiger partial charge in [0.05, 0.1) is 6.61 Å². The van der Waals surface area contributed by atoms with Crippen molar-refractivity contribution in [3.8, 4) is 0 Å². The van der Waals surface area contributed by atoms with Gasteiger partial charge in [0, 0.05) is 5.57 Å². The van der Waals surface area contributed by atoms with Gasteiger partial charge in [0.1, 0.15) is 0 Å². The molecule has 0 aromatic rings. The summed E-state index contributed by atoms with van der Waals surface area (Å²) in [5.41, 5.74) is 0.483. The Bertz CT molecular complexity index is 271. The maximum Gasteiger partial charge on any atom is 0.333 e. The highest BCUT2D eigenvalue weighted by Crippen LogP contribution is 2.10. The van der Waals surface area contributed by atoms with E-state index in [1.165, 1.54) is 25.7 Å². The van der Waals surface area contributed by atoms with Crippen molar-refractivity contribution < 1.29 is 9.53 Å². The van der Waals surface area contributed by atoms with E-state index in [-0.39, 0.29) is 5.97 Å². The van der Waals surface area contributed by atoms with E-state index in [2.05, 4.69) is 33.6 Å². The number of ether oxygens (including phenoxy) is 1. The van der Waals surface area contributed by atoms with Crippen molar-refractivity contribution >= 4 is 5.97 Å². The summed E-state index contributed by atoms with van der Waals surface area (Å²) in [6.07, 6.45) is 10.6. The predicted octanol–water partition coefficient (Wildman–Crippen LogP) is 5.46. The van der Waals surface area contributed by atoms with Gasteiger partial charge >= 0.3 is 5.97 Å². The SMILES string of the molecule is C=C(C)C(=O)OCCCCCCCC(C)C.C=CC=C. The Labute approximate surface area is 125 Å². The largest absolute Gasteiger partial charge is 0.462 e. The van der Waals surface area contributed by atoms with E-state index in [0.29, 0.717) is 12.2 Å². The highest BCUT2D eigenvalue weighted by Gasteiger charge is 2.01. The third kappa shape index (κ3) is 19.0. The van der Waals surface area contributed by atoms with E-state index in [1.54, 1.807) is 19.1 Å². The fraction of sp³-hybridized carbons (Fsp3) is 0.611. The van der Waals surface area contributed by atoms with Crippen molar-refractivity contribution in [2.75, 3.05) is 6.61 Å². The molecule has 0 spiro atoms. The molecule has 0 rings (SSSR count). The van der Waals surface area contributed by atoms with Crippen LogP contribution in [0.15, 0.2) is 37.5 Å². The lowest BCUT2D eigenvalue weighted by molar-refractivity contribution is -0.139. The zero-order chi connectivity index (χ0) is 15.8. The lowest BCUT2D eigenvalue weighted by Crippen LogP contribution is -2.05. The molecule has 0 aromatic heterocycles. The fourth-order valence-corrected chi connectivity index (χ4v) is 1.47. The first-order valence-electron chi connectivity index (χ1n) is 7.51. The lowest BCUT2D eigenvalue weighted by Gasteiger charge is -2.05. The van der Waals surface area contributed by atoms with Gasteiger partial charge in [-0.2, -0.15) is 0 Å². The smallest absolute Gasteiger partial charge is 0.333 e. The van der Waals surface area contributed by atoms with Crippen LogP contribution in [0.1, 0.15) is 59.3 Å².